The first-order valence-electron chi connectivity index (χ1n) is 3.95. The monoisotopic (exact) mass is 281 g/mol. The highest BCUT2D eigenvalue weighted by Gasteiger charge is 2.33. The summed E-state index contributed by atoms with van der Waals surface area (Å²) in [4.78, 5) is 10.7. The molecule has 0 saturated heterocycles. The van der Waals surface area contributed by atoms with Gasteiger partial charge in [-0.1, -0.05) is 15.9 Å². The van der Waals surface area contributed by atoms with E-state index in [0.29, 0.717) is 4.47 Å². The van der Waals surface area contributed by atoms with E-state index in [4.69, 9.17) is 0 Å². The van der Waals surface area contributed by atoms with Gasteiger partial charge in [0, 0.05) is 11.4 Å². The third kappa shape index (κ3) is 3.23. The number of hydrogen-bond donors (Lipinski definition) is 1. The average Bonchev–Trinajstić information content (AvgIpc) is 2.05. The van der Waals surface area contributed by atoms with Gasteiger partial charge in [-0.15, -0.1) is 0 Å². The van der Waals surface area contributed by atoms with Crippen LogP contribution in [0.25, 0.3) is 0 Å². The molecule has 0 heterocycles. The van der Waals surface area contributed by atoms with Crippen molar-refractivity contribution < 1.29 is 18.0 Å². The molecule has 0 radical (unpaired) electrons. The number of benzene rings is 1. The molecule has 15 heavy (non-hydrogen) atoms. The first-order chi connectivity index (χ1) is 6.80. The number of nitrogens with one attached hydrogen (secondary N) is 1. The molecule has 1 N–H and O–H groups in total. The number of carbonyl (C=O) groups is 1. The number of rotatable bonds is 1. The summed E-state index contributed by atoms with van der Waals surface area (Å²) in [6, 6.07) is 3.56. The van der Waals surface area contributed by atoms with Gasteiger partial charge in [0.1, 0.15) is 0 Å². The number of hydrogen-bond acceptors (Lipinski definition) is 1. The van der Waals surface area contributed by atoms with E-state index in [1.54, 1.807) is 0 Å². The molecule has 1 amide bonds. The molecule has 0 aromatic heterocycles. The smallest absolute Gasteiger partial charge is 0.326 e. The highest BCUT2D eigenvalue weighted by molar-refractivity contribution is 9.10. The van der Waals surface area contributed by atoms with Crippen LogP contribution in [0.3, 0.4) is 0 Å². The Labute approximate surface area is 92.6 Å². The standard InChI is InChI=1S/C9H7BrF3NO/c1-5(15)14-8-3-2-6(10)4-7(8)9(11,12)13/h2-4H,1H3,(H,14,15). The number of amides is 1. The highest BCUT2D eigenvalue weighted by Crippen LogP contribution is 2.36. The van der Waals surface area contributed by atoms with Crippen molar-refractivity contribution in [1.82, 2.24) is 0 Å². The zero-order valence-electron chi connectivity index (χ0n) is 7.65. The van der Waals surface area contributed by atoms with Gasteiger partial charge in [0.25, 0.3) is 0 Å². The molecule has 1 rings (SSSR count). The Balaban J connectivity index is 3.20. The van der Waals surface area contributed by atoms with Crippen LogP contribution in [0, 0.1) is 0 Å². The zero-order valence-corrected chi connectivity index (χ0v) is 9.24. The minimum Gasteiger partial charge on any atom is -0.326 e. The van der Waals surface area contributed by atoms with E-state index in [9.17, 15) is 18.0 Å². The van der Waals surface area contributed by atoms with Crippen molar-refractivity contribution in [2.75, 3.05) is 5.32 Å². The summed E-state index contributed by atoms with van der Waals surface area (Å²) in [7, 11) is 0. The van der Waals surface area contributed by atoms with Gasteiger partial charge >= 0.3 is 6.18 Å². The molecule has 0 atom stereocenters. The van der Waals surface area contributed by atoms with Crippen LogP contribution in [0.4, 0.5) is 18.9 Å². The Morgan fingerprint density at radius 3 is 2.47 bits per heavy atom. The van der Waals surface area contributed by atoms with Crippen LogP contribution in [-0.4, -0.2) is 5.91 Å². The van der Waals surface area contributed by atoms with Crippen molar-refractivity contribution in [1.29, 1.82) is 0 Å². The number of carbonyl (C=O) groups excluding carboxylic acids is 1. The van der Waals surface area contributed by atoms with Crippen molar-refractivity contribution in [2.24, 2.45) is 0 Å². The lowest BCUT2D eigenvalue weighted by Gasteiger charge is -2.13. The molecule has 1 aromatic rings. The van der Waals surface area contributed by atoms with Crippen molar-refractivity contribution in [3.63, 3.8) is 0 Å². The summed E-state index contributed by atoms with van der Waals surface area (Å²) in [6.45, 7) is 1.15. The molecule has 0 bridgehead atoms. The molecular formula is C9H7BrF3NO. The van der Waals surface area contributed by atoms with E-state index < -0.39 is 17.6 Å². The van der Waals surface area contributed by atoms with Crippen LogP contribution in [0.5, 0.6) is 0 Å². The minimum absolute atomic E-state index is 0.238. The number of alkyl halides is 3. The third-order valence-electron chi connectivity index (χ3n) is 1.60. The Bertz CT molecular complexity index is 389. The molecule has 82 valence electrons. The van der Waals surface area contributed by atoms with E-state index in [-0.39, 0.29) is 5.69 Å². The van der Waals surface area contributed by atoms with Crippen LogP contribution >= 0.6 is 15.9 Å². The van der Waals surface area contributed by atoms with Gasteiger partial charge in [0.05, 0.1) is 11.3 Å². The van der Waals surface area contributed by atoms with Crippen molar-refractivity contribution >= 4 is 27.5 Å². The quantitative estimate of drug-likeness (QED) is 0.840. The lowest BCUT2D eigenvalue weighted by Crippen LogP contribution is -2.13. The van der Waals surface area contributed by atoms with Crippen molar-refractivity contribution in [3.8, 4) is 0 Å². The zero-order chi connectivity index (χ0) is 11.6. The fourth-order valence-electron chi connectivity index (χ4n) is 1.05. The van der Waals surface area contributed by atoms with E-state index in [0.717, 1.165) is 13.0 Å². The Kier molecular flexibility index (Phi) is 3.38. The fourth-order valence-corrected chi connectivity index (χ4v) is 1.41. The topological polar surface area (TPSA) is 29.1 Å². The molecule has 0 spiro atoms. The third-order valence-corrected chi connectivity index (χ3v) is 2.09. The maximum absolute atomic E-state index is 12.5. The van der Waals surface area contributed by atoms with Crippen LogP contribution in [-0.2, 0) is 11.0 Å². The number of anilines is 1. The molecule has 0 saturated carbocycles. The van der Waals surface area contributed by atoms with Gasteiger partial charge in [-0.05, 0) is 18.2 Å². The maximum atomic E-state index is 12.5. The Morgan fingerprint density at radius 2 is 2.00 bits per heavy atom. The number of halogens is 4. The molecular weight excluding hydrogens is 275 g/mol. The van der Waals surface area contributed by atoms with Crippen LogP contribution in [0.1, 0.15) is 12.5 Å². The molecule has 6 heteroatoms. The van der Waals surface area contributed by atoms with Gasteiger partial charge in [0.2, 0.25) is 5.91 Å². The first-order valence-corrected chi connectivity index (χ1v) is 4.74. The van der Waals surface area contributed by atoms with Crippen LogP contribution in [0.2, 0.25) is 0 Å². The normalized spacial score (nSPS) is 11.3. The molecule has 0 aliphatic carbocycles. The van der Waals surface area contributed by atoms with Gasteiger partial charge in [-0.2, -0.15) is 13.2 Å². The predicted octanol–water partition coefficient (Wildman–Crippen LogP) is 3.43. The molecule has 0 fully saturated rings. The van der Waals surface area contributed by atoms with Crippen molar-refractivity contribution in [3.05, 3.63) is 28.2 Å². The molecule has 0 aliphatic heterocycles. The summed E-state index contributed by atoms with van der Waals surface area (Å²) >= 11 is 2.94. The lowest BCUT2D eigenvalue weighted by atomic mass is 10.1. The SMILES string of the molecule is CC(=O)Nc1ccc(Br)cc1C(F)(F)F. The van der Waals surface area contributed by atoms with Crippen LogP contribution in [0.15, 0.2) is 22.7 Å². The van der Waals surface area contributed by atoms with E-state index >= 15 is 0 Å². The highest BCUT2D eigenvalue weighted by atomic mass is 79.9. The maximum Gasteiger partial charge on any atom is 0.418 e. The van der Waals surface area contributed by atoms with E-state index in [1.165, 1.54) is 12.1 Å². The summed E-state index contributed by atoms with van der Waals surface area (Å²) in [5.41, 5.74) is -1.11. The average molecular weight is 282 g/mol. The molecule has 0 unspecified atom stereocenters. The summed E-state index contributed by atoms with van der Waals surface area (Å²) in [5, 5.41) is 2.13. The minimum atomic E-state index is -4.48. The molecule has 0 aliphatic rings. The summed E-state index contributed by atoms with van der Waals surface area (Å²) in [6.07, 6.45) is -4.48. The lowest BCUT2D eigenvalue weighted by molar-refractivity contribution is -0.137. The molecule has 2 nitrogen and oxygen atoms in total. The predicted molar refractivity (Wildman–Crippen MR) is 53.4 cm³/mol. The summed E-state index contributed by atoms with van der Waals surface area (Å²) < 4.78 is 37.8. The fraction of sp³-hybridized carbons (Fsp3) is 0.222. The first kappa shape index (κ1) is 12.0. The largest absolute Gasteiger partial charge is 0.418 e. The van der Waals surface area contributed by atoms with Gasteiger partial charge in [0.15, 0.2) is 0 Å². The van der Waals surface area contributed by atoms with Crippen LogP contribution < -0.4 is 5.32 Å². The molecule has 1 aromatic carbocycles. The van der Waals surface area contributed by atoms with E-state index in [2.05, 4.69) is 21.2 Å². The van der Waals surface area contributed by atoms with E-state index in [1.807, 2.05) is 0 Å². The van der Waals surface area contributed by atoms with Gasteiger partial charge in [-0.25, -0.2) is 0 Å². The Morgan fingerprint density at radius 1 is 1.40 bits per heavy atom. The second-order valence-corrected chi connectivity index (χ2v) is 3.78. The van der Waals surface area contributed by atoms with Gasteiger partial charge < -0.3 is 5.32 Å². The van der Waals surface area contributed by atoms with Crippen molar-refractivity contribution in [2.45, 2.75) is 13.1 Å². The summed E-state index contributed by atoms with van der Waals surface area (Å²) in [5.74, 6) is -0.539. The second kappa shape index (κ2) is 4.22. The Hall–Kier alpha value is -1.04. The second-order valence-electron chi connectivity index (χ2n) is 2.87. The van der Waals surface area contributed by atoms with Gasteiger partial charge in [-0.3, -0.25) is 4.79 Å².